The number of amides is 3. The van der Waals surface area contributed by atoms with Crippen LogP contribution in [0.3, 0.4) is 0 Å². The summed E-state index contributed by atoms with van der Waals surface area (Å²) in [6, 6.07) is 6.63. The molecule has 0 atom stereocenters. The summed E-state index contributed by atoms with van der Waals surface area (Å²) in [6.45, 7) is 20.3. The van der Waals surface area contributed by atoms with E-state index in [2.05, 4.69) is 25.7 Å². The number of nitrogens with zero attached hydrogens (tertiary/aromatic N) is 2. The van der Waals surface area contributed by atoms with Crippen LogP contribution in [0.4, 0.5) is 14.4 Å². The number of hydrogen-bond acceptors (Lipinski definition) is 10. The van der Waals surface area contributed by atoms with Crippen LogP contribution < -0.4 is 20.7 Å². The highest BCUT2D eigenvalue weighted by Gasteiger charge is 2.23. The molecule has 0 bridgehead atoms. The number of carbonyl (C=O) groups excluding carboxylic acids is 3. The van der Waals surface area contributed by atoms with Crippen molar-refractivity contribution in [2.24, 2.45) is 4.99 Å². The van der Waals surface area contributed by atoms with Crippen molar-refractivity contribution in [1.29, 1.82) is 0 Å². The van der Waals surface area contributed by atoms with E-state index in [1.807, 2.05) is 6.92 Å². The first-order valence-electron chi connectivity index (χ1n) is 16.4. The van der Waals surface area contributed by atoms with E-state index in [9.17, 15) is 22.8 Å². The number of sulfonamides is 1. The van der Waals surface area contributed by atoms with Gasteiger partial charge >= 0.3 is 18.3 Å². The van der Waals surface area contributed by atoms with Gasteiger partial charge in [0.05, 0.1) is 4.90 Å². The Bertz CT molecular complexity index is 1270. The predicted molar refractivity (Wildman–Crippen MR) is 187 cm³/mol. The summed E-state index contributed by atoms with van der Waals surface area (Å²) in [4.78, 5) is 43.4. The summed E-state index contributed by atoms with van der Waals surface area (Å²) in [6.07, 6.45) is 0.607. The van der Waals surface area contributed by atoms with Gasteiger partial charge in [0.25, 0.3) is 0 Å². The maximum atomic E-state index is 12.8. The van der Waals surface area contributed by atoms with E-state index >= 15 is 0 Å². The molecular weight excluding hydrogens is 640 g/mol. The van der Waals surface area contributed by atoms with Crippen LogP contribution in [-0.2, 0) is 24.2 Å². The standard InChI is InChI=1S/C33H58N6O8S/c1-25-15-17-26(18-16-25)48(43,44)36-22-14-24-39(30(42)47-33(8,9)10)23-12-11-19-34-20-13-21-35-27(37-28(40)45-31(2,3)4)38-29(41)46-32(5,6)7/h15-18,34,36H,11-14,19-24H2,1-10H3,(H2,35,37,38,40,41). The third-order valence-electron chi connectivity index (χ3n) is 5.93. The number of aliphatic imine (C=N–C) groups is 1. The van der Waals surface area contributed by atoms with E-state index in [0.29, 0.717) is 52.0 Å². The second-order valence-electron chi connectivity index (χ2n) is 14.3. The predicted octanol–water partition coefficient (Wildman–Crippen LogP) is 5.07. The van der Waals surface area contributed by atoms with Gasteiger partial charge in [0.2, 0.25) is 16.0 Å². The van der Waals surface area contributed by atoms with Gasteiger partial charge in [0, 0.05) is 26.2 Å². The molecule has 0 unspecified atom stereocenters. The molecule has 1 aromatic carbocycles. The molecule has 0 aliphatic heterocycles. The van der Waals surface area contributed by atoms with Crippen molar-refractivity contribution in [1.82, 2.24) is 25.6 Å². The topological polar surface area (TPSA) is 177 Å². The number of rotatable bonds is 15. The molecule has 0 saturated carbocycles. The molecule has 0 spiro atoms. The summed E-state index contributed by atoms with van der Waals surface area (Å²) >= 11 is 0. The Morgan fingerprint density at radius 1 is 0.708 bits per heavy atom. The molecule has 0 fully saturated rings. The number of nitrogens with one attached hydrogen (secondary N) is 4. The fraction of sp³-hybridized carbons (Fsp3) is 0.697. The normalized spacial score (nSPS) is 12.1. The lowest BCUT2D eigenvalue weighted by Crippen LogP contribution is -2.47. The number of carbonyl (C=O) groups is 3. The molecule has 0 heterocycles. The first kappa shape index (κ1) is 42.6. The Balaban J connectivity index is 2.54. The van der Waals surface area contributed by atoms with Crippen LogP contribution in [0.5, 0.6) is 0 Å². The average Bonchev–Trinajstić information content (AvgIpc) is 2.90. The third-order valence-corrected chi connectivity index (χ3v) is 7.41. The summed E-state index contributed by atoms with van der Waals surface area (Å²) in [7, 11) is -3.64. The lowest BCUT2D eigenvalue weighted by molar-refractivity contribution is 0.0245. The second kappa shape index (κ2) is 19.5. The summed E-state index contributed by atoms with van der Waals surface area (Å²) < 4.78 is 43.8. The number of ether oxygens (including phenoxy) is 3. The number of guanidine groups is 1. The molecule has 48 heavy (non-hydrogen) atoms. The average molecular weight is 699 g/mol. The van der Waals surface area contributed by atoms with Crippen molar-refractivity contribution in [3.05, 3.63) is 29.8 Å². The van der Waals surface area contributed by atoms with E-state index in [-0.39, 0.29) is 17.4 Å². The van der Waals surface area contributed by atoms with Crippen LogP contribution in [0.15, 0.2) is 34.2 Å². The van der Waals surface area contributed by atoms with Crippen LogP contribution in [0.25, 0.3) is 0 Å². The molecule has 274 valence electrons. The first-order chi connectivity index (χ1) is 22.1. The molecular formula is C33H58N6O8S. The molecule has 0 aliphatic carbocycles. The molecule has 0 aromatic heterocycles. The molecule has 14 nitrogen and oxygen atoms in total. The maximum absolute atomic E-state index is 12.8. The monoisotopic (exact) mass is 698 g/mol. The minimum atomic E-state index is -3.64. The fourth-order valence-corrected chi connectivity index (χ4v) is 4.96. The number of benzene rings is 1. The Morgan fingerprint density at radius 2 is 1.21 bits per heavy atom. The number of aryl methyl sites for hydroxylation is 1. The zero-order valence-corrected chi connectivity index (χ0v) is 31.3. The number of hydrogen-bond donors (Lipinski definition) is 4. The Kier molecular flexibility index (Phi) is 17.3. The maximum Gasteiger partial charge on any atom is 0.414 e. The van der Waals surface area contributed by atoms with E-state index in [0.717, 1.165) is 12.0 Å². The molecule has 0 radical (unpaired) electrons. The van der Waals surface area contributed by atoms with Gasteiger partial charge in [-0.3, -0.25) is 15.6 Å². The van der Waals surface area contributed by atoms with Gasteiger partial charge < -0.3 is 24.4 Å². The highest BCUT2D eigenvalue weighted by molar-refractivity contribution is 7.89. The largest absolute Gasteiger partial charge is 0.444 e. The van der Waals surface area contributed by atoms with E-state index in [1.54, 1.807) is 91.5 Å². The highest BCUT2D eigenvalue weighted by Crippen LogP contribution is 2.13. The van der Waals surface area contributed by atoms with E-state index in [1.165, 1.54) is 0 Å². The van der Waals surface area contributed by atoms with Gasteiger partial charge in [-0.2, -0.15) is 0 Å². The molecule has 1 aromatic rings. The molecule has 1 rings (SSSR count). The van der Waals surface area contributed by atoms with Crippen LogP contribution in [-0.4, -0.2) is 93.6 Å². The summed E-state index contributed by atoms with van der Waals surface area (Å²) in [5.41, 5.74) is -1.13. The SMILES string of the molecule is Cc1ccc(S(=O)(=O)NCCCN(CCCCNCCCN=C(NC(=O)OC(C)(C)C)NC(=O)OC(C)(C)C)C(=O)OC(C)(C)C)cc1. The minimum Gasteiger partial charge on any atom is -0.444 e. The molecule has 0 aliphatic rings. The number of alkyl carbamates (subject to hydrolysis) is 2. The second-order valence-corrected chi connectivity index (χ2v) is 16.1. The Hall–Kier alpha value is -3.43. The van der Waals surface area contributed by atoms with Crippen LogP contribution in [0.1, 0.15) is 93.6 Å². The minimum absolute atomic E-state index is 0.0660. The Labute approximate surface area is 287 Å². The highest BCUT2D eigenvalue weighted by atomic mass is 32.2. The van der Waals surface area contributed by atoms with E-state index in [4.69, 9.17) is 14.2 Å². The van der Waals surface area contributed by atoms with Gasteiger partial charge in [-0.1, -0.05) is 17.7 Å². The van der Waals surface area contributed by atoms with Gasteiger partial charge in [-0.05, 0) is 120 Å². The number of unbranched alkanes of at least 4 members (excludes halogenated alkanes) is 1. The lowest BCUT2D eigenvalue weighted by atomic mass is 10.2. The molecule has 0 saturated heterocycles. The van der Waals surface area contributed by atoms with Crippen LogP contribution >= 0.6 is 0 Å². The van der Waals surface area contributed by atoms with Crippen molar-refractivity contribution >= 4 is 34.3 Å². The van der Waals surface area contributed by atoms with Crippen molar-refractivity contribution in [2.75, 3.05) is 39.3 Å². The Morgan fingerprint density at radius 3 is 1.73 bits per heavy atom. The van der Waals surface area contributed by atoms with Gasteiger partial charge in [0.1, 0.15) is 16.8 Å². The third kappa shape index (κ3) is 20.7. The zero-order valence-electron chi connectivity index (χ0n) is 30.4. The van der Waals surface area contributed by atoms with Crippen LogP contribution in [0.2, 0.25) is 0 Å². The first-order valence-corrected chi connectivity index (χ1v) is 17.8. The van der Waals surface area contributed by atoms with Crippen molar-refractivity contribution in [3.63, 3.8) is 0 Å². The van der Waals surface area contributed by atoms with Gasteiger partial charge in [-0.25, -0.2) is 27.5 Å². The summed E-state index contributed by atoms with van der Waals surface area (Å²) in [5, 5.41) is 8.24. The summed E-state index contributed by atoms with van der Waals surface area (Å²) in [5.74, 6) is -0.0660. The zero-order chi connectivity index (χ0) is 36.6. The van der Waals surface area contributed by atoms with Gasteiger partial charge in [-0.15, -0.1) is 0 Å². The van der Waals surface area contributed by atoms with Gasteiger partial charge in [0.15, 0.2) is 0 Å². The molecule has 15 heteroatoms. The molecule has 3 amide bonds. The van der Waals surface area contributed by atoms with Crippen molar-refractivity contribution in [2.45, 2.75) is 117 Å². The smallest absolute Gasteiger partial charge is 0.414 e. The quantitative estimate of drug-likeness (QED) is 0.0844. The van der Waals surface area contributed by atoms with Crippen molar-refractivity contribution < 1.29 is 37.0 Å². The fourth-order valence-electron chi connectivity index (χ4n) is 3.88. The van der Waals surface area contributed by atoms with E-state index < -0.39 is 45.1 Å². The van der Waals surface area contributed by atoms with Crippen LogP contribution in [0, 0.1) is 6.92 Å². The molecule has 4 N–H and O–H groups in total. The van der Waals surface area contributed by atoms with Crippen molar-refractivity contribution in [3.8, 4) is 0 Å². The lowest BCUT2D eigenvalue weighted by Gasteiger charge is -2.27.